The molecule has 1 unspecified atom stereocenters. The second-order valence-electron chi connectivity index (χ2n) is 4.69. The molecule has 0 N–H and O–H groups in total. The highest BCUT2D eigenvalue weighted by Crippen LogP contribution is 2.28. The Kier molecular flexibility index (Phi) is 2.80. The average Bonchev–Trinajstić information content (AvgIpc) is 2.74. The number of hydrogen-bond donors (Lipinski definition) is 0. The van der Waals surface area contributed by atoms with Crippen molar-refractivity contribution in [1.82, 2.24) is 4.57 Å². The van der Waals surface area contributed by atoms with Crippen LogP contribution in [-0.2, 0) is 11.3 Å². The Balaban J connectivity index is 2.31. The van der Waals surface area contributed by atoms with Gasteiger partial charge < -0.3 is 9.30 Å². The molecule has 2 heteroatoms. The topological polar surface area (TPSA) is 14.2 Å². The maximum atomic E-state index is 5.40. The number of rotatable bonds is 3. The predicted molar refractivity (Wildman–Crippen MR) is 75.9 cm³/mol. The van der Waals surface area contributed by atoms with Crippen LogP contribution in [-0.4, -0.2) is 17.8 Å². The summed E-state index contributed by atoms with van der Waals surface area (Å²) < 4.78 is 7.75. The van der Waals surface area contributed by atoms with E-state index >= 15 is 0 Å². The largest absolute Gasteiger partial charge is 0.380 e. The summed E-state index contributed by atoms with van der Waals surface area (Å²) in [6.07, 6.45) is 0.212. The molecular formula is C16H17NO. The van der Waals surface area contributed by atoms with Crippen LogP contribution in [0.25, 0.3) is 21.8 Å². The van der Waals surface area contributed by atoms with E-state index in [2.05, 4.69) is 60.0 Å². The van der Waals surface area contributed by atoms with Crippen LogP contribution >= 0.6 is 0 Å². The normalized spacial score (nSPS) is 13.2. The van der Waals surface area contributed by atoms with Crippen molar-refractivity contribution >= 4 is 21.8 Å². The summed E-state index contributed by atoms with van der Waals surface area (Å²) in [5.74, 6) is 0. The zero-order chi connectivity index (χ0) is 12.5. The zero-order valence-electron chi connectivity index (χ0n) is 10.8. The number of nitrogens with zero attached hydrogens (tertiary/aromatic N) is 1. The third-order valence-corrected chi connectivity index (χ3v) is 3.52. The molecule has 0 spiro atoms. The highest BCUT2D eigenvalue weighted by Gasteiger charge is 2.11. The van der Waals surface area contributed by atoms with Crippen molar-refractivity contribution in [2.24, 2.45) is 0 Å². The lowest BCUT2D eigenvalue weighted by Gasteiger charge is -2.13. The second kappa shape index (κ2) is 4.46. The number of fused-ring (bicyclic) bond motifs is 3. The monoisotopic (exact) mass is 239 g/mol. The lowest BCUT2D eigenvalue weighted by Crippen LogP contribution is -2.14. The van der Waals surface area contributed by atoms with Crippen LogP contribution in [0.4, 0.5) is 0 Å². The van der Waals surface area contributed by atoms with Gasteiger partial charge in [0, 0.05) is 35.5 Å². The van der Waals surface area contributed by atoms with Crippen LogP contribution in [0.5, 0.6) is 0 Å². The molecule has 3 aromatic rings. The molecule has 2 aromatic carbocycles. The molecule has 1 heterocycles. The van der Waals surface area contributed by atoms with Gasteiger partial charge >= 0.3 is 0 Å². The fourth-order valence-electron chi connectivity index (χ4n) is 2.53. The Labute approximate surface area is 107 Å². The maximum Gasteiger partial charge on any atom is 0.0722 e. The van der Waals surface area contributed by atoms with E-state index in [0.717, 1.165) is 6.54 Å². The number of aromatic nitrogens is 1. The van der Waals surface area contributed by atoms with E-state index in [1.165, 1.54) is 21.8 Å². The van der Waals surface area contributed by atoms with E-state index < -0.39 is 0 Å². The van der Waals surface area contributed by atoms with Crippen molar-refractivity contribution in [2.75, 3.05) is 7.11 Å². The first-order chi connectivity index (χ1) is 8.81. The quantitative estimate of drug-likeness (QED) is 0.677. The average molecular weight is 239 g/mol. The number of ether oxygens (including phenoxy) is 1. The molecular weight excluding hydrogens is 222 g/mol. The van der Waals surface area contributed by atoms with Gasteiger partial charge in [-0.05, 0) is 19.1 Å². The lowest BCUT2D eigenvalue weighted by molar-refractivity contribution is 0.105. The van der Waals surface area contributed by atoms with Crippen molar-refractivity contribution in [3.63, 3.8) is 0 Å². The highest BCUT2D eigenvalue weighted by molar-refractivity contribution is 6.07. The van der Waals surface area contributed by atoms with E-state index in [1.54, 1.807) is 7.11 Å². The Morgan fingerprint density at radius 2 is 1.44 bits per heavy atom. The van der Waals surface area contributed by atoms with E-state index in [9.17, 15) is 0 Å². The Bertz CT molecular complexity index is 630. The predicted octanol–water partition coefficient (Wildman–Crippen LogP) is 3.83. The SMILES string of the molecule is COC(C)Cn1c2ccccc2c2ccccc21. The van der Waals surface area contributed by atoms with Crippen LogP contribution < -0.4 is 0 Å². The van der Waals surface area contributed by atoms with E-state index in [-0.39, 0.29) is 6.10 Å². The maximum absolute atomic E-state index is 5.40. The van der Waals surface area contributed by atoms with Crippen LogP contribution in [0.2, 0.25) is 0 Å². The number of benzene rings is 2. The molecule has 0 fully saturated rings. The van der Waals surface area contributed by atoms with Gasteiger partial charge in [-0.1, -0.05) is 36.4 Å². The smallest absolute Gasteiger partial charge is 0.0722 e. The highest BCUT2D eigenvalue weighted by atomic mass is 16.5. The minimum atomic E-state index is 0.212. The minimum Gasteiger partial charge on any atom is -0.380 e. The summed E-state index contributed by atoms with van der Waals surface area (Å²) in [5, 5.41) is 2.63. The molecule has 0 radical (unpaired) electrons. The molecule has 92 valence electrons. The van der Waals surface area contributed by atoms with Gasteiger partial charge in [0.15, 0.2) is 0 Å². The van der Waals surface area contributed by atoms with Crippen molar-refractivity contribution < 1.29 is 4.74 Å². The van der Waals surface area contributed by atoms with Crippen molar-refractivity contribution in [3.05, 3.63) is 48.5 Å². The molecule has 3 rings (SSSR count). The number of methoxy groups -OCH3 is 1. The van der Waals surface area contributed by atoms with Gasteiger partial charge in [-0.2, -0.15) is 0 Å². The van der Waals surface area contributed by atoms with Gasteiger partial charge in [0.25, 0.3) is 0 Å². The van der Waals surface area contributed by atoms with Gasteiger partial charge in [-0.3, -0.25) is 0 Å². The summed E-state index contributed by atoms with van der Waals surface area (Å²) >= 11 is 0. The van der Waals surface area contributed by atoms with E-state index in [4.69, 9.17) is 4.74 Å². The fraction of sp³-hybridized carbons (Fsp3) is 0.250. The minimum absolute atomic E-state index is 0.212. The van der Waals surface area contributed by atoms with Crippen LogP contribution in [0.1, 0.15) is 6.92 Å². The molecule has 0 amide bonds. The summed E-state index contributed by atoms with van der Waals surface area (Å²) in [4.78, 5) is 0. The molecule has 0 aliphatic carbocycles. The molecule has 0 aliphatic heterocycles. The summed E-state index contributed by atoms with van der Waals surface area (Å²) in [7, 11) is 1.76. The Morgan fingerprint density at radius 3 is 1.94 bits per heavy atom. The van der Waals surface area contributed by atoms with E-state index in [1.807, 2.05) is 0 Å². The van der Waals surface area contributed by atoms with E-state index in [0.29, 0.717) is 0 Å². The van der Waals surface area contributed by atoms with Crippen LogP contribution in [0, 0.1) is 0 Å². The molecule has 0 bridgehead atoms. The van der Waals surface area contributed by atoms with Gasteiger partial charge in [0.05, 0.1) is 6.10 Å². The molecule has 0 aliphatic rings. The summed E-state index contributed by atoms with van der Waals surface area (Å²) in [5.41, 5.74) is 2.56. The summed E-state index contributed by atoms with van der Waals surface area (Å²) in [6, 6.07) is 17.1. The molecule has 1 aromatic heterocycles. The molecule has 1 atom stereocenters. The first-order valence-electron chi connectivity index (χ1n) is 6.30. The van der Waals surface area contributed by atoms with Gasteiger partial charge in [0.1, 0.15) is 0 Å². The molecule has 2 nitrogen and oxygen atoms in total. The Hall–Kier alpha value is -1.80. The van der Waals surface area contributed by atoms with Crippen molar-refractivity contribution in [2.45, 2.75) is 19.6 Å². The fourth-order valence-corrected chi connectivity index (χ4v) is 2.53. The second-order valence-corrected chi connectivity index (χ2v) is 4.69. The Morgan fingerprint density at radius 1 is 0.944 bits per heavy atom. The third kappa shape index (κ3) is 1.70. The van der Waals surface area contributed by atoms with Crippen LogP contribution in [0.3, 0.4) is 0 Å². The zero-order valence-corrected chi connectivity index (χ0v) is 10.8. The molecule has 18 heavy (non-hydrogen) atoms. The van der Waals surface area contributed by atoms with Crippen LogP contribution in [0.15, 0.2) is 48.5 Å². The molecule has 0 saturated heterocycles. The summed E-state index contributed by atoms with van der Waals surface area (Å²) in [6.45, 7) is 2.98. The third-order valence-electron chi connectivity index (χ3n) is 3.52. The van der Waals surface area contributed by atoms with Gasteiger partial charge in [0.2, 0.25) is 0 Å². The number of hydrogen-bond acceptors (Lipinski definition) is 1. The first-order valence-corrected chi connectivity index (χ1v) is 6.30. The van der Waals surface area contributed by atoms with Gasteiger partial charge in [-0.15, -0.1) is 0 Å². The van der Waals surface area contributed by atoms with Gasteiger partial charge in [-0.25, -0.2) is 0 Å². The molecule has 0 saturated carbocycles. The first kappa shape index (κ1) is 11.3. The lowest BCUT2D eigenvalue weighted by atomic mass is 10.2. The van der Waals surface area contributed by atoms with Crippen molar-refractivity contribution in [3.8, 4) is 0 Å². The number of para-hydroxylation sites is 2. The van der Waals surface area contributed by atoms with Crippen molar-refractivity contribution in [1.29, 1.82) is 0 Å². The standard InChI is InChI=1S/C16H17NO/c1-12(18-2)11-17-15-9-5-3-7-13(15)14-8-4-6-10-16(14)17/h3-10,12H,11H2,1-2H3.